The molecular weight excluding hydrogens is 230 g/mol. The van der Waals surface area contributed by atoms with Gasteiger partial charge >= 0.3 is 0 Å². The van der Waals surface area contributed by atoms with Crippen LogP contribution in [0, 0.1) is 5.92 Å². The van der Waals surface area contributed by atoms with Crippen LogP contribution >= 0.6 is 0 Å². The molecule has 1 heterocycles. The minimum Gasteiger partial charge on any atom is -0.326 e. The highest BCUT2D eigenvalue weighted by molar-refractivity contribution is 5.93. The van der Waals surface area contributed by atoms with E-state index in [9.17, 15) is 4.79 Å². The first kappa shape index (κ1) is 10.9. The Hall–Kier alpha value is -2.24. The predicted molar refractivity (Wildman–Crippen MR) is 65.6 cm³/mol. The number of rotatable bonds is 3. The Morgan fingerprint density at radius 2 is 2.28 bits per heavy atom. The maximum Gasteiger partial charge on any atom is 0.227 e. The van der Waals surface area contributed by atoms with E-state index >= 15 is 0 Å². The maximum atomic E-state index is 11.8. The van der Waals surface area contributed by atoms with Crippen molar-refractivity contribution in [1.29, 1.82) is 0 Å². The van der Waals surface area contributed by atoms with Gasteiger partial charge in [-0.15, -0.1) is 10.2 Å². The fraction of sp³-hybridized carbons (Fsp3) is 0.333. The van der Waals surface area contributed by atoms with Gasteiger partial charge in [0.05, 0.1) is 0 Å². The molecule has 0 bridgehead atoms. The van der Waals surface area contributed by atoms with Crippen molar-refractivity contribution in [2.45, 2.75) is 19.3 Å². The first-order chi connectivity index (χ1) is 8.83. The first-order valence-electron chi connectivity index (χ1n) is 5.98. The van der Waals surface area contributed by atoms with Gasteiger partial charge in [-0.25, -0.2) is 0 Å². The zero-order valence-electron chi connectivity index (χ0n) is 9.76. The Kier molecular flexibility index (Phi) is 2.76. The third-order valence-corrected chi connectivity index (χ3v) is 3.21. The smallest absolute Gasteiger partial charge is 0.227 e. The summed E-state index contributed by atoms with van der Waals surface area (Å²) in [5.41, 5.74) is 1.60. The molecule has 1 aliphatic carbocycles. The standard InChI is InChI=1S/C12H13N5O/c18-12(8-3-1-4-8)13-10-6-2-5-9(7-10)11-14-16-17-15-11/h2,5-8H,1,3-4H2,(H,13,18)(H,14,15,16,17). The molecule has 18 heavy (non-hydrogen) atoms. The van der Waals surface area contributed by atoms with Crippen molar-refractivity contribution in [2.75, 3.05) is 5.32 Å². The molecule has 3 rings (SSSR count). The molecule has 92 valence electrons. The fourth-order valence-electron chi connectivity index (χ4n) is 1.93. The highest BCUT2D eigenvalue weighted by Crippen LogP contribution is 2.28. The van der Waals surface area contributed by atoms with E-state index in [1.165, 1.54) is 0 Å². The van der Waals surface area contributed by atoms with Gasteiger partial charge in [0.25, 0.3) is 0 Å². The maximum absolute atomic E-state index is 11.8. The molecule has 1 fully saturated rings. The van der Waals surface area contributed by atoms with E-state index in [-0.39, 0.29) is 11.8 Å². The molecule has 0 unspecified atom stereocenters. The number of H-pyrrole nitrogens is 1. The highest BCUT2D eigenvalue weighted by atomic mass is 16.1. The number of aromatic amines is 1. The summed E-state index contributed by atoms with van der Waals surface area (Å²) < 4.78 is 0. The Labute approximate surface area is 104 Å². The van der Waals surface area contributed by atoms with E-state index < -0.39 is 0 Å². The van der Waals surface area contributed by atoms with Gasteiger partial charge in [0.15, 0.2) is 0 Å². The summed E-state index contributed by atoms with van der Waals surface area (Å²) in [5, 5.41) is 16.7. The number of tetrazole rings is 1. The van der Waals surface area contributed by atoms with Crippen LogP contribution in [0.15, 0.2) is 24.3 Å². The minimum atomic E-state index is 0.103. The molecule has 0 atom stereocenters. The van der Waals surface area contributed by atoms with Gasteiger partial charge < -0.3 is 5.32 Å². The molecule has 0 spiro atoms. The molecule has 0 aliphatic heterocycles. The van der Waals surface area contributed by atoms with Gasteiger partial charge in [0, 0.05) is 17.2 Å². The number of carbonyl (C=O) groups is 1. The second kappa shape index (κ2) is 4.56. The normalized spacial score (nSPS) is 15.1. The SMILES string of the molecule is O=C(Nc1cccc(-c2nn[nH]n2)c1)C1CCC1. The lowest BCUT2D eigenvalue weighted by atomic mass is 9.85. The number of aromatic nitrogens is 4. The number of benzene rings is 1. The quantitative estimate of drug-likeness (QED) is 0.857. The van der Waals surface area contributed by atoms with E-state index in [2.05, 4.69) is 25.9 Å². The molecule has 2 N–H and O–H groups in total. The van der Waals surface area contributed by atoms with E-state index in [1.807, 2.05) is 24.3 Å². The topological polar surface area (TPSA) is 83.6 Å². The lowest BCUT2D eigenvalue weighted by Gasteiger charge is -2.24. The molecule has 0 radical (unpaired) electrons. The number of amides is 1. The molecule has 1 aromatic carbocycles. The molecule has 0 saturated heterocycles. The van der Waals surface area contributed by atoms with Crippen molar-refractivity contribution in [3.8, 4) is 11.4 Å². The largest absolute Gasteiger partial charge is 0.326 e. The van der Waals surface area contributed by atoms with Gasteiger partial charge in [-0.1, -0.05) is 18.6 Å². The number of hydrogen-bond acceptors (Lipinski definition) is 4. The molecule has 1 saturated carbocycles. The van der Waals surface area contributed by atoms with Gasteiger partial charge in [-0.3, -0.25) is 4.79 Å². The number of nitrogens with zero attached hydrogens (tertiary/aromatic N) is 3. The van der Waals surface area contributed by atoms with Crippen LogP contribution in [0.1, 0.15) is 19.3 Å². The Balaban J connectivity index is 1.76. The van der Waals surface area contributed by atoms with Gasteiger partial charge in [-0.05, 0) is 30.2 Å². The second-order valence-corrected chi connectivity index (χ2v) is 4.43. The van der Waals surface area contributed by atoms with Crippen LogP contribution in [0.3, 0.4) is 0 Å². The van der Waals surface area contributed by atoms with Crippen LogP contribution in [0.5, 0.6) is 0 Å². The third-order valence-electron chi connectivity index (χ3n) is 3.21. The number of anilines is 1. The zero-order chi connectivity index (χ0) is 12.4. The Morgan fingerprint density at radius 1 is 1.39 bits per heavy atom. The monoisotopic (exact) mass is 243 g/mol. The minimum absolute atomic E-state index is 0.103. The summed E-state index contributed by atoms with van der Waals surface area (Å²) >= 11 is 0. The summed E-state index contributed by atoms with van der Waals surface area (Å²) in [6.45, 7) is 0. The summed E-state index contributed by atoms with van der Waals surface area (Å²) in [6.07, 6.45) is 3.15. The number of hydrogen-bond donors (Lipinski definition) is 2. The van der Waals surface area contributed by atoms with Crippen molar-refractivity contribution in [3.05, 3.63) is 24.3 Å². The Bertz CT molecular complexity index is 547. The van der Waals surface area contributed by atoms with Gasteiger partial charge in [0.1, 0.15) is 0 Å². The Morgan fingerprint density at radius 3 is 2.94 bits per heavy atom. The van der Waals surface area contributed by atoms with Crippen molar-refractivity contribution in [3.63, 3.8) is 0 Å². The van der Waals surface area contributed by atoms with Crippen molar-refractivity contribution >= 4 is 11.6 Å². The molecule has 1 amide bonds. The average Bonchev–Trinajstić information content (AvgIpc) is 2.80. The van der Waals surface area contributed by atoms with Crippen molar-refractivity contribution in [2.24, 2.45) is 5.92 Å². The summed E-state index contributed by atoms with van der Waals surface area (Å²) in [6, 6.07) is 7.45. The fourth-order valence-corrected chi connectivity index (χ4v) is 1.93. The van der Waals surface area contributed by atoms with E-state index in [0.717, 1.165) is 30.5 Å². The molecule has 2 aromatic rings. The summed E-state index contributed by atoms with van der Waals surface area (Å²) in [7, 11) is 0. The van der Waals surface area contributed by atoms with E-state index in [4.69, 9.17) is 0 Å². The van der Waals surface area contributed by atoms with Crippen molar-refractivity contribution in [1.82, 2.24) is 20.6 Å². The van der Waals surface area contributed by atoms with Crippen LogP contribution in [0.4, 0.5) is 5.69 Å². The zero-order valence-corrected chi connectivity index (χ0v) is 9.76. The highest BCUT2D eigenvalue weighted by Gasteiger charge is 2.25. The number of nitrogens with one attached hydrogen (secondary N) is 2. The summed E-state index contributed by atoms with van der Waals surface area (Å²) in [4.78, 5) is 11.8. The average molecular weight is 243 g/mol. The van der Waals surface area contributed by atoms with Crippen molar-refractivity contribution < 1.29 is 4.79 Å². The lowest BCUT2D eigenvalue weighted by molar-refractivity contribution is -0.122. The van der Waals surface area contributed by atoms with Gasteiger partial charge in [-0.2, -0.15) is 5.21 Å². The lowest BCUT2D eigenvalue weighted by Crippen LogP contribution is -2.27. The van der Waals surface area contributed by atoms with Crippen LogP contribution in [-0.4, -0.2) is 26.5 Å². The van der Waals surface area contributed by atoms with Gasteiger partial charge in [0.2, 0.25) is 11.7 Å². The second-order valence-electron chi connectivity index (χ2n) is 4.43. The van der Waals surface area contributed by atoms with Crippen LogP contribution < -0.4 is 5.32 Å². The molecule has 1 aliphatic rings. The first-order valence-corrected chi connectivity index (χ1v) is 5.98. The molecule has 6 heteroatoms. The van der Waals surface area contributed by atoms with E-state index in [1.54, 1.807) is 0 Å². The predicted octanol–water partition coefficient (Wildman–Crippen LogP) is 1.61. The van der Waals surface area contributed by atoms with Crippen LogP contribution in [0.2, 0.25) is 0 Å². The van der Waals surface area contributed by atoms with Crippen LogP contribution in [-0.2, 0) is 4.79 Å². The molecule has 6 nitrogen and oxygen atoms in total. The third kappa shape index (κ3) is 2.09. The molecular formula is C12H13N5O. The van der Waals surface area contributed by atoms with Crippen LogP contribution in [0.25, 0.3) is 11.4 Å². The molecule has 1 aromatic heterocycles. The summed E-state index contributed by atoms with van der Waals surface area (Å²) in [5.74, 6) is 0.806. The van der Waals surface area contributed by atoms with E-state index in [0.29, 0.717) is 5.82 Å². The number of carbonyl (C=O) groups excluding carboxylic acids is 1.